The Kier molecular flexibility index (Phi) is 14.7. The Balaban J connectivity index is 1.37. The van der Waals surface area contributed by atoms with Crippen molar-refractivity contribution in [2.75, 3.05) is 59.3 Å². The smallest absolute Gasteiger partial charge is 0.419 e. The molecule has 312 valence electrons. The lowest BCUT2D eigenvalue weighted by Gasteiger charge is -2.35. The van der Waals surface area contributed by atoms with E-state index in [0.29, 0.717) is 73.9 Å². The molecule has 1 N–H and O–H groups in total. The van der Waals surface area contributed by atoms with Crippen LogP contribution in [0.15, 0.2) is 102 Å². The van der Waals surface area contributed by atoms with Gasteiger partial charge in [-0.2, -0.15) is 13.2 Å². The second-order valence-electron chi connectivity index (χ2n) is 13.7. The fourth-order valence-electron chi connectivity index (χ4n) is 6.80. The number of ether oxygens (including phenoxy) is 4. The normalized spacial score (nSPS) is 13.8. The molecule has 2 amide bonds. The van der Waals surface area contributed by atoms with Gasteiger partial charge in [0, 0.05) is 32.7 Å². The number of halogens is 4. The van der Waals surface area contributed by atoms with Gasteiger partial charge in [-0.3, -0.25) is 19.1 Å². The van der Waals surface area contributed by atoms with Crippen molar-refractivity contribution in [3.05, 3.63) is 136 Å². The van der Waals surface area contributed by atoms with Crippen LogP contribution in [0, 0.1) is 5.82 Å². The van der Waals surface area contributed by atoms with Crippen LogP contribution in [-0.4, -0.2) is 90.7 Å². The van der Waals surface area contributed by atoms with E-state index in [9.17, 15) is 31.9 Å². The lowest BCUT2D eigenvalue weighted by molar-refractivity contribution is -0.140. The van der Waals surface area contributed by atoms with E-state index in [-0.39, 0.29) is 44.3 Å². The molecule has 1 aliphatic heterocycles. The molecule has 2 heterocycles. The van der Waals surface area contributed by atoms with Crippen LogP contribution in [0.4, 0.5) is 22.4 Å². The lowest BCUT2D eigenvalue weighted by atomic mass is 10.0. The number of carbonyl (C=O) groups excluding carboxylic acids is 2. The zero-order chi connectivity index (χ0) is 41.8. The van der Waals surface area contributed by atoms with Gasteiger partial charge in [-0.25, -0.2) is 14.2 Å². The first-order chi connectivity index (χ1) is 28.5. The van der Waals surface area contributed by atoms with Crippen molar-refractivity contribution in [1.29, 1.82) is 0 Å². The third-order valence-corrected chi connectivity index (χ3v) is 9.73. The molecule has 1 saturated heterocycles. The Labute approximate surface area is 338 Å². The van der Waals surface area contributed by atoms with Crippen LogP contribution in [0.5, 0.6) is 5.75 Å². The number of morpholine rings is 1. The molecule has 0 aliphatic carbocycles. The molecule has 6 rings (SSSR count). The summed E-state index contributed by atoms with van der Waals surface area (Å²) in [7, 11) is 0. The van der Waals surface area contributed by atoms with E-state index in [1.165, 1.54) is 9.47 Å². The predicted molar refractivity (Wildman–Crippen MR) is 211 cm³/mol. The molecule has 1 aliphatic rings. The van der Waals surface area contributed by atoms with Crippen molar-refractivity contribution in [1.82, 2.24) is 24.7 Å². The number of rotatable bonds is 17. The lowest BCUT2D eigenvalue weighted by Crippen LogP contribution is -2.46. The van der Waals surface area contributed by atoms with Crippen LogP contribution >= 0.6 is 0 Å². The molecular weight excluding hydrogens is 774 g/mol. The molecule has 1 unspecified atom stereocenters. The summed E-state index contributed by atoms with van der Waals surface area (Å²) in [6.45, 7) is 4.66. The van der Waals surface area contributed by atoms with Gasteiger partial charge in [-0.15, -0.1) is 0 Å². The molecule has 1 aromatic heterocycles. The summed E-state index contributed by atoms with van der Waals surface area (Å²) in [5.74, 6) is -1.35. The molecule has 0 saturated carbocycles. The van der Waals surface area contributed by atoms with Gasteiger partial charge in [-0.1, -0.05) is 48.5 Å². The van der Waals surface area contributed by atoms with Crippen molar-refractivity contribution in [3.63, 3.8) is 0 Å². The van der Waals surface area contributed by atoms with Crippen LogP contribution in [0.25, 0.3) is 16.6 Å². The fourth-order valence-corrected chi connectivity index (χ4v) is 6.80. The first-order valence-corrected chi connectivity index (χ1v) is 19.2. The molecule has 0 bridgehead atoms. The zero-order valence-electron chi connectivity index (χ0n) is 32.5. The van der Waals surface area contributed by atoms with E-state index < -0.39 is 47.6 Å². The van der Waals surface area contributed by atoms with E-state index in [1.54, 1.807) is 48.5 Å². The van der Waals surface area contributed by atoms with E-state index in [4.69, 9.17) is 23.9 Å². The van der Waals surface area contributed by atoms with Gasteiger partial charge in [0.25, 0.3) is 5.56 Å². The standard InChI is InChI=1S/C43H45F4N5O7/c1-2-58-33-15-13-32(14-16-33)52-40(49-37-11-7-6-10-34(37)41(52)54)38(18-19-48-42(55)59-29-57-28-30-8-4-3-5-9-30)51(21-20-50-22-24-56-25-23-50)39(53)27-31-12-17-35(36(44)26-31)43(45,46)47/h3-17,26,38H,2,18-25,27-29H2,1H3,(H,48,55). The second-order valence-corrected chi connectivity index (χ2v) is 13.7. The summed E-state index contributed by atoms with van der Waals surface area (Å²) < 4.78 is 78.4. The Morgan fingerprint density at radius 3 is 2.39 bits per heavy atom. The highest BCUT2D eigenvalue weighted by Crippen LogP contribution is 2.32. The van der Waals surface area contributed by atoms with Crippen LogP contribution in [-0.2, 0) is 38.2 Å². The van der Waals surface area contributed by atoms with Crippen molar-refractivity contribution in [3.8, 4) is 11.4 Å². The average Bonchev–Trinajstić information content (AvgIpc) is 3.22. The van der Waals surface area contributed by atoms with E-state index in [2.05, 4.69) is 10.2 Å². The fraction of sp³-hybridized carbons (Fsp3) is 0.349. The molecule has 0 spiro atoms. The third kappa shape index (κ3) is 11.4. The highest BCUT2D eigenvalue weighted by Gasteiger charge is 2.35. The van der Waals surface area contributed by atoms with Gasteiger partial charge >= 0.3 is 12.3 Å². The molecule has 5 aromatic rings. The van der Waals surface area contributed by atoms with Crippen LogP contribution in [0.2, 0.25) is 0 Å². The van der Waals surface area contributed by atoms with Gasteiger partial charge in [0.05, 0.1) is 61.0 Å². The number of aromatic nitrogens is 2. The number of nitrogens with one attached hydrogen (secondary N) is 1. The maximum Gasteiger partial charge on any atom is 0.419 e. The SMILES string of the molecule is CCOc1ccc(-n2c(C(CCNC(=O)OCOCc3ccccc3)N(CCN3CCOCC3)C(=O)Cc3ccc(C(F)(F)F)c(F)c3)nc3ccccc3c2=O)cc1. The van der Waals surface area contributed by atoms with Crippen molar-refractivity contribution < 1.29 is 46.1 Å². The minimum atomic E-state index is -4.92. The zero-order valence-corrected chi connectivity index (χ0v) is 32.5. The molecule has 4 aromatic carbocycles. The number of hydrogen-bond donors (Lipinski definition) is 1. The summed E-state index contributed by atoms with van der Waals surface area (Å²) in [5, 5.41) is 3.01. The number of fused-ring (bicyclic) bond motifs is 1. The molecule has 1 atom stereocenters. The highest BCUT2D eigenvalue weighted by molar-refractivity contribution is 5.80. The molecule has 0 radical (unpaired) electrons. The Bertz CT molecular complexity index is 2230. The molecule has 16 heteroatoms. The Morgan fingerprint density at radius 1 is 0.949 bits per heavy atom. The number of alkyl carbamates (subject to hydrolysis) is 1. The minimum absolute atomic E-state index is 0.0119. The van der Waals surface area contributed by atoms with Crippen molar-refractivity contribution >= 4 is 22.9 Å². The molecule has 12 nitrogen and oxygen atoms in total. The Hall–Kier alpha value is -5.84. The predicted octanol–water partition coefficient (Wildman–Crippen LogP) is 6.68. The number of amides is 2. The average molecular weight is 820 g/mol. The van der Waals surface area contributed by atoms with Gasteiger partial charge in [0.15, 0.2) is 6.79 Å². The topological polar surface area (TPSA) is 124 Å². The van der Waals surface area contributed by atoms with Crippen molar-refractivity contribution in [2.45, 2.75) is 38.6 Å². The number of hydrogen-bond acceptors (Lipinski definition) is 9. The quantitative estimate of drug-likeness (QED) is 0.0622. The summed E-state index contributed by atoms with van der Waals surface area (Å²) in [4.78, 5) is 50.5. The van der Waals surface area contributed by atoms with Crippen LogP contribution < -0.4 is 15.6 Å². The van der Waals surface area contributed by atoms with Gasteiger partial charge in [0.2, 0.25) is 5.91 Å². The van der Waals surface area contributed by atoms with Gasteiger partial charge in [0.1, 0.15) is 17.4 Å². The number of alkyl halides is 3. The number of benzene rings is 4. The molecule has 59 heavy (non-hydrogen) atoms. The third-order valence-electron chi connectivity index (χ3n) is 9.73. The highest BCUT2D eigenvalue weighted by atomic mass is 19.4. The first kappa shape index (κ1) is 42.8. The molecular formula is C43H45F4N5O7. The number of para-hydroxylation sites is 1. The van der Waals surface area contributed by atoms with Gasteiger partial charge in [-0.05, 0) is 73.0 Å². The summed E-state index contributed by atoms with van der Waals surface area (Å²) in [6, 6.07) is 24.3. The monoisotopic (exact) mass is 819 g/mol. The van der Waals surface area contributed by atoms with Crippen LogP contribution in [0.1, 0.15) is 41.9 Å². The van der Waals surface area contributed by atoms with E-state index in [1.807, 2.05) is 37.3 Å². The summed E-state index contributed by atoms with van der Waals surface area (Å²) in [5.41, 5.74) is -0.185. The van der Waals surface area contributed by atoms with Crippen molar-refractivity contribution in [2.24, 2.45) is 0 Å². The summed E-state index contributed by atoms with van der Waals surface area (Å²) >= 11 is 0. The number of nitrogens with zero attached hydrogens (tertiary/aromatic N) is 4. The van der Waals surface area contributed by atoms with E-state index in [0.717, 1.165) is 11.6 Å². The second kappa shape index (κ2) is 20.2. The largest absolute Gasteiger partial charge is 0.494 e. The molecule has 1 fully saturated rings. The maximum absolute atomic E-state index is 14.8. The first-order valence-electron chi connectivity index (χ1n) is 19.2. The van der Waals surface area contributed by atoms with Crippen LogP contribution in [0.3, 0.4) is 0 Å². The maximum atomic E-state index is 14.8. The number of carbonyl (C=O) groups is 2. The summed E-state index contributed by atoms with van der Waals surface area (Å²) in [6.07, 6.45) is -6.17. The Morgan fingerprint density at radius 2 is 1.68 bits per heavy atom. The van der Waals surface area contributed by atoms with Gasteiger partial charge < -0.3 is 29.2 Å². The van der Waals surface area contributed by atoms with E-state index >= 15 is 0 Å². The minimum Gasteiger partial charge on any atom is -0.494 e.